The van der Waals surface area contributed by atoms with Crippen LogP contribution in [-0.2, 0) is 7.05 Å². The van der Waals surface area contributed by atoms with Crippen LogP contribution in [0.3, 0.4) is 0 Å². The lowest BCUT2D eigenvalue weighted by atomic mass is 10.3. The largest absolute Gasteiger partial charge is 0.389 e. The molecule has 0 unspecified atom stereocenters. The molecule has 0 bridgehead atoms. The van der Waals surface area contributed by atoms with Crippen molar-refractivity contribution in [1.29, 1.82) is 0 Å². The van der Waals surface area contributed by atoms with Crippen LogP contribution in [-0.4, -0.2) is 27.8 Å². The zero-order chi connectivity index (χ0) is 10.7. The molecular formula is C7H11N5OS. The molecule has 76 valence electrons. The van der Waals surface area contributed by atoms with Crippen molar-refractivity contribution in [1.82, 2.24) is 15.1 Å². The summed E-state index contributed by atoms with van der Waals surface area (Å²) in [6.07, 6.45) is 1.51. The minimum atomic E-state index is -0.342. The molecule has 0 aromatic carbocycles. The molecule has 0 aliphatic carbocycles. The van der Waals surface area contributed by atoms with Crippen molar-refractivity contribution >= 4 is 29.1 Å². The average Bonchev–Trinajstić information content (AvgIpc) is 2.48. The Morgan fingerprint density at radius 2 is 2.36 bits per heavy atom. The van der Waals surface area contributed by atoms with Gasteiger partial charge >= 0.3 is 6.03 Å². The van der Waals surface area contributed by atoms with E-state index >= 15 is 0 Å². The maximum Gasteiger partial charge on any atom is 0.320 e. The lowest BCUT2D eigenvalue weighted by Crippen LogP contribution is -2.27. The molecule has 0 atom stereocenters. The van der Waals surface area contributed by atoms with Gasteiger partial charge < -0.3 is 11.1 Å². The molecule has 0 spiro atoms. The molecule has 4 N–H and O–H groups in total. The number of thiocarbonyl (C=S) groups is 1. The van der Waals surface area contributed by atoms with Crippen LogP contribution < -0.4 is 16.4 Å². The molecule has 1 rings (SSSR count). The lowest BCUT2D eigenvalue weighted by Gasteiger charge is -2.06. The smallest absolute Gasteiger partial charge is 0.320 e. The molecule has 0 saturated heterocycles. The molecule has 2 amide bonds. The number of aryl methyl sites for hydroxylation is 1. The van der Waals surface area contributed by atoms with Gasteiger partial charge in [-0.25, -0.2) is 4.79 Å². The number of carbonyl (C=O) groups excluding carboxylic acids is 1. The van der Waals surface area contributed by atoms with Crippen molar-refractivity contribution in [3.05, 3.63) is 11.8 Å². The minimum Gasteiger partial charge on any atom is -0.389 e. The van der Waals surface area contributed by atoms with Crippen molar-refractivity contribution in [3.8, 4) is 0 Å². The normalized spacial score (nSPS) is 9.57. The van der Waals surface area contributed by atoms with Crippen LogP contribution in [0.15, 0.2) is 6.20 Å². The van der Waals surface area contributed by atoms with Crippen molar-refractivity contribution in [2.75, 3.05) is 12.4 Å². The van der Waals surface area contributed by atoms with Crippen molar-refractivity contribution in [3.63, 3.8) is 0 Å². The summed E-state index contributed by atoms with van der Waals surface area (Å²) in [5, 5.41) is 8.93. The van der Waals surface area contributed by atoms with E-state index in [1.165, 1.54) is 17.9 Å². The van der Waals surface area contributed by atoms with Crippen LogP contribution in [0.25, 0.3) is 0 Å². The van der Waals surface area contributed by atoms with Crippen LogP contribution in [0, 0.1) is 0 Å². The zero-order valence-electron chi connectivity index (χ0n) is 7.87. The molecular weight excluding hydrogens is 202 g/mol. The van der Waals surface area contributed by atoms with Crippen LogP contribution in [0.4, 0.5) is 10.6 Å². The van der Waals surface area contributed by atoms with Gasteiger partial charge in [-0.05, 0) is 0 Å². The van der Waals surface area contributed by atoms with Gasteiger partial charge in [0, 0.05) is 14.1 Å². The summed E-state index contributed by atoms with van der Waals surface area (Å²) < 4.78 is 1.49. The first-order valence-electron chi connectivity index (χ1n) is 3.86. The van der Waals surface area contributed by atoms with E-state index in [9.17, 15) is 4.79 Å². The molecule has 1 aromatic rings. The Bertz CT molecular complexity index is 372. The van der Waals surface area contributed by atoms with E-state index in [1.54, 1.807) is 7.05 Å². The number of amides is 2. The standard InChI is InChI=1S/C7H11N5OS/c1-9-7(13)11-6-4(5(8)14)3-10-12(6)2/h3H,1-2H3,(H2,8,14)(H2,9,11,13). The van der Waals surface area contributed by atoms with Gasteiger partial charge in [0.2, 0.25) is 0 Å². The van der Waals surface area contributed by atoms with E-state index in [0.717, 1.165) is 0 Å². The second-order valence-electron chi connectivity index (χ2n) is 2.60. The van der Waals surface area contributed by atoms with Crippen LogP contribution in [0.1, 0.15) is 5.56 Å². The Kier molecular flexibility index (Phi) is 3.03. The quantitative estimate of drug-likeness (QED) is 0.594. The number of hydrogen-bond acceptors (Lipinski definition) is 3. The Balaban J connectivity index is 2.99. The van der Waals surface area contributed by atoms with Gasteiger partial charge in [0.1, 0.15) is 10.8 Å². The second kappa shape index (κ2) is 4.05. The number of carbonyl (C=O) groups is 1. The van der Waals surface area contributed by atoms with Gasteiger partial charge in [-0.1, -0.05) is 12.2 Å². The summed E-state index contributed by atoms with van der Waals surface area (Å²) in [7, 11) is 3.21. The van der Waals surface area contributed by atoms with Crippen molar-refractivity contribution < 1.29 is 4.79 Å². The third-order valence-corrected chi connectivity index (χ3v) is 1.88. The molecule has 7 heteroatoms. The Labute approximate surface area is 86.5 Å². The van der Waals surface area contributed by atoms with Gasteiger partial charge in [0.05, 0.1) is 11.8 Å². The van der Waals surface area contributed by atoms with Gasteiger partial charge in [0.25, 0.3) is 0 Å². The number of urea groups is 1. The SMILES string of the molecule is CNC(=O)Nc1c(C(N)=S)cnn1C. The van der Waals surface area contributed by atoms with Crippen LogP contribution in [0.2, 0.25) is 0 Å². The zero-order valence-corrected chi connectivity index (χ0v) is 8.68. The summed E-state index contributed by atoms with van der Waals surface area (Å²) in [6.45, 7) is 0. The van der Waals surface area contributed by atoms with Crippen molar-refractivity contribution in [2.45, 2.75) is 0 Å². The van der Waals surface area contributed by atoms with Crippen LogP contribution >= 0.6 is 12.2 Å². The Morgan fingerprint density at radius 1 is 1.71 bits per heavy atom. The Hall–Kier alpha value is -1.63. The molecule has 1 aromatic heterocycles. The number of rotatable bonds is 2. The predicted molar refractivity (Wildman–Crippen MR) is 57.2 cm³/mol. The highest BCUT2D eigenvalue weighted by molar-refractivity contribution is 7.80. The van der Waals surface area contributed by atoms with E-state index < -0.39 is 0 Å². The maximum absolute atomic E-state index is 11.1. The monoisotopic (exact) mass is 213 g/mol. The highest BCUT2D eigenvalue weighted by Crippen LogP contribution is 2.13. The lowest BCUT2D eigenvalue weighted by molar-refractivity contribution is 0.253. The fourth-order valence-corrected chi connectivity index (χ4v) is 1.09. The van der Waals surface area contributed by atoms with E-state index in [0.29, 0.717) is 11.4 Å². The van der Waals surface area contributed by atoms with E-state index in [2.05, 4.69) is 15.7 Å². The number of hydrogen-bond donors (Lipinski definition) is 3. The van der Waals surface area contributed by atoms with Crippen LogP contribution in [0.5, 0.6) is 0 Å². The minimum absolute atomic E-state index is 0.199. The summed E-state index contributed by atoms with van der Waals surface area (Å²) >= 11 is 4.80. The van der Waals surface area contributed by atoms with Gasteiger partial charge in [-0.2, -0.15) is 5.10 Å². The van der Waals surface area contributed by atoms with Crippen molar-refractivity contribution in [2.24, 2.45) is 12.8 Å². The molecule has 0 aliphatic rings. The number of anilines is 1. The highest BCUT2D eigenvalue weighted by Gasteiger charge is 2.12. The first-order chi connectivity index (χ1) is 6.56. The third kappa shape index (κ3) is 1.99. The first kappa shape index (κ1) is 10.5. The number of aromatic nitrogens is 2. The molecule has 0 aliphatic heterocycles. The predicted octanol–water partition coefficient (Wildman–Crippen LogP) is -0.194. The molecule has 0 saturated carbocycles. The highest BCUT2D eigenvalue weighted by atomic mass is 32.1. The van der Waals surface area contributed by atoms with E-state index in [-0.39, 0.29) is 11.0 Å². The average molecular weight is 213 g/mol. The maximum atomic E-state index is 11.1. The third-order valence-electron chi connectivity index (χ3n) is 1.66. The number of nitrogens with one attached hydrogen (secondary N) is 2. The fraction of sp³-hybridized carbons (Fsp3) is 0.286. The molecule has 0 radical (unpaired) electrons. The summed E-state index contributed by atoms with van der Waals surface area (Å²) in [5.74, 6) is 0.483. The number of nitrogens with zero attached hydrogens (tertiary/aromatic N) is 2. The summed E-state index contributed by atoms with van der Waals surface area (Å²) in [6, 6.07) is -0.342. The molecule has 14 heavy (non-hydrogen) atoms. The van der Waals surface area contributed by atoms with E-state index in [1.807, 2.05) is 0 Å². The Morgan fingerprint density at radius 3 is 2.86 bits per heavy atom. The summed E-state index contributed by atoms with van der Waals surface area (Å²) in [5.41, 5.74) is 6.00. The molecule has 6 nitrogen and oxygen atoms in total. The molecule has 1 heterocycles. The van der Waals surface area contributed by atoms with Gasteiger partial charge in [0.15, 0.2) is 0 Å². The second-order valence-corrected chi connectivity index (χ2v) is 3.04. The topological polar surface area (TPSA) is 85.0 Å². The van der Waals surface area contributed by atoms with Gasteiger partial charge in [-0.15, -0.1) is 0 Å². The molecule has 0 fully saturated rings. The van der Waals surface area contributed by atoms with Gasteiger partial charge in [-0.3, -0.25) is 10.00 Å². The number of nitrogens with two attached hydrogens (primary N) is 1. The first-order valence-corrected chi connectivity index (χ1v) is 4.27. The fourth-order valence-electron chi connectivity index (χ4n) is 0.936. The van der Waals surface area contributed by atoms with E-state index in [4.69, 9.17) is 18.0 Å². The summed E-state index contributed by atoms with van der Waals surface area (Å²) in [4.78, 5) is 11.3.